The molecule has 0 unspecified atom stereocenters. The molecular formula is C22H24N4O2S. The van der Waals surface area contributed by atoms with E-state index in [0.717, 1.165) is 30.6 Å². The van der Waals surface area contributed by atoms with Crippen LogP contribution < -0.4 is 5.32 Å². The summed E-state index contributed by atoms with van der Waals surface area (Å²) in [5.41, 5.74) is 1.17. The maximum atomic E-state index is 12.1. The Hall–Kier alpha value is -2.93. The number of fused-ring (bicyclic) bond motifs is 1. The first-order valence-corrected chi connectivity index (χ1v) is 10.8. The van der Waals surface area contributed by atoms with Gasteiger partial charge in [-0.3, -0.25) is 4.79 Å². The minimum Gasteiger partial charge on any atom is -0.356 e. The Morgan fingerprint density at radius 2 is 2.03 bits per heavy atom. The van der Waals surface area contributed by atoms with Crippen LogP contribution in [0.15, 0.2) is 58.6 Å². The molecule has 7 heteroatoms. The Balaban J connectivity index is 1.10. The minimum atomic E-state index is 0.0975. The van der Waals surface area contributed by atoms with E-state index in [2.05, 4.69) is 38.2 Å². The number of hydrogen-bond acceptors (Lipinski definition) is 5. The number of unbranched alkanes of at least 4 members (excludes halogenated alkanes) is 2. The van der Waals surface area contributed by atoms with E-state index < -0.39 is 0 Å². The van der Waals surface area contributed by atoms with Gasteiger partial charge in [-0.05, 0) is 41.8 Å². The molecule has 150 valence electrons. The first-order valence-electron chi connectivity index (χ1n) is 9.96. The van der Waals surface area contributed by atoms with Gasteiger partial charge in [-0.15, -0.1) is 11.3 Å². The maximum Gasteiger partial charge on any atom is 0.226 e. The molecule has 29 heavy (non-hydrogen) atoms. The fourth-order valence-corrected chi connectivity index (χ4v) is 3.96. The number of amides is 1. The van der Waals surface area contributed by atoms with Crippen LogP contribution in [-0.4, -0.2) is 27.2 Å². The summed E-state index contributed by atoms with van der Waals surface area (Å²) in [5, 5.41) is 10.2. The lowest BCUT2D eigenvalue weighted by Gasteiger charge is -2.07. The summed E-state index contributed by atoms with van der Waals surface area (Å²) in [7, 11) is 0. The van der Waals surface area contributed by atoms with E-state index in [0.29, 0.717) is 31.2 Å². The lowest BCUT2D eigenvalue weighted by Crippen LogP contribution is -2.25. The third-order valence-corrected chi connectivity index (χ3v) is 5.73. The van der Waals surface area contributed by atoms with Gasteiger partial charge in [0.25, 0.3) is 0 Å². The van der Waals surface area contributed by atoms with Gasteiger partial charge >= 0.3 is 0 Å². The van der Waals surface area contributed by atoms with Crippen LogP contribution in [0.2, 0.25) is 0 Å². The number of aromatic nitrogens is 3. The number of nitrogens with zero attached hydrogens (tertiary/aromatic N) is 3. The molecule has 6 nitrogen and oxygen atoms in total. The van der Waals surface area contributed by atoms with Gasteiger partial charge in [-0.25, -0.2) is 0 Å². The Kier molecular flexibility index (Phi) is 6.36. The summed E-state index contributed by atoms with van der Waals surface area (Å²) in [6, 6.07) is 14.3. The maximum absolute atomic E-state index is 12.1. The summed E-state index contributed by atoms with van der Waals surface area (Å²) in [6.45, 7) is 1.40. The lowest BCUT2D eigenvalue weighted by molar-refractivity contribution is -0.121. The highest BCUT2D eigenvalue weighted by molar-refractivity contribution is 7.13. The number of hydrogen-bond donors (Lipinski definition) is 1. The van der Waals surface area contributed by atoms with E-state index in [1.54, 1.807) is 11.3 Å². The largest absolute Gasteiger partial charge is 0.356 e. The van der Waals surface area contributed by atoms with Crippen LogP contribution in [0.1, 0.15) is 31.6 Å². The molecule has 0 saturated heterocycles. The van der Waals surface area contributed by atoms with Crippen molar-refractivity contribution in [3.8, 4) is 10.7 Å². The minimum absolute atomic E-state index is 0.0975. The molecule has 0 spiro atoms. The molecule has 3 heterocycles. The van der Waals surface area contributed by atoms with Gasteiger partial charge in [0, 0.05) is 37.6 Å². The number of thiophene rings is 1. The summed E-state index contributed by atoms with van der Waals surface area (Å²) in [4.78, 5) is 17.5. The van der Waals surface area contributed by atoms with Gasteiger partial charge in [0.1, 0.15) is 0 Å². The zero-order valence-electron chi connectivity index (χ0n) is 16.2. The quantitative estimate of drug-likeness (QED) is 0.387. The highest BCUT2D eigenvalue weighted by Crippen LogP contribution is 2.21. The van der Waals surface area contributed by atoms with Crippen molar-refractivity contribution in [2.45, 2.75) is 38.6 Å². The predicted molar refractivity (Wildman–Crippen MR) is 115 cm³/mol. The number of para-hydroxylation sites is 1. The van der Waals surface area contributed by atoms with Gasteiger partial charge in [0.2, 0.25) is 17.6 Å². The molecule has 1 aromatic carbocycles. The van der Waals surface area contributed by atoms with E-state index >= 15 is 0 Å². The van der Waals surface area contributed by atoms with E-state index in [1.165, 1.54) is 10.9 Å². The topological polar surface area (TPSA) is 73.0 Å². The number of carbonyl (C=O) groups is 1. The third-order valence-electron chi connectivity index (χ3n) is 4.86. The Morgan fingerprint density at radius 1 is 1.10 bits per heavy atom. The van der Waals surface area contributed by atoms with Crippen LogP contribution in [0.5, 0.6) is 0 Å². The third kappa shape index (κ3) is 5.12. The van der Waals surface area contributed by atoms with E-state index in [1.807, 2.05) is 35.8 Å². The van der Waals surface area contributed by atoms with Crippen LogP contribution in [0.3, 0.4) is 0 Å². The van der Waals surface area contributed by atoms with Crippen LogP contribution >= 0.6 is 11.3 Å². The van der Waals surface area contributed by atoms with Crippen molar-refractivity contribution in [2.75, 3.05) is 6.54 Å². The average Bonchev–Trinajstić information content (AvgIpc) is 3.49. The average molecular weight is 409 g/mol. The fraction of sp³-hybridized carbons (Fsp3) is 0.318. The Morgan fingerprint density at radius 3 is 2.93 bits per heavy atom. The first kappa shape index (κ1) is 19.4. The normalized spacial score (nSPS) is 11.2. The van der Waals surface area contributed by atoms with Gasteiger partial charge in [0.15, 0.2) is 0 Å². The molecule has 4 aromatic rings. The molecule has 0 radical (unpaired) electrons. The van der Waals surface area contributed by atoms with Crippen molar-refractivity contribution in [1.82, 2.24) is 20.0 Å². The van der Waals surface area contributed by atoms with Crippen molar-refractivity contribution in [1.29, 1.82) is 0 Å². The highest BCUT2D eigenvalue weighted by atomic mass is 32.1. The number of aryl methyl sites for hydroxylation is 2. The van der Waals surface area contributed by atoms with Crippen molar-refractivity contribution >= 4 is 28.1 Å². The van der Waals surface area contributed by atoms with E-state index in [4.69, 9.17) is 4.52 Å². The second-order valence-electron chi connectivity index (χ2n) is 6.97. The molecule has 1 amide bonds. The molecular weight excluding hydrogens is 384 g/mol. The monoisotopic (exact) mass is 408 g/mol. The summed E-state index contributed by atoms with van der Waals surface area (Å²) in [6.07, 6.45) is 6.24. The van der Waals surface area contributed by atoms with Gasteiger partial charge < -0.3 is 14.4 Å². The van der Waals surface area contributed by atoms with Crippen LogP contribution in [0.25, 0.3) is 21.6 Å². The molecule has 0 atom stereocenters. The standard InChI is InChI=1S/C22H24N4O2S/c27-20(12-15-26-14-11-17-7-3-4-8-18(17)26)23-13-5-1-2-10-21-24-22(25-28-21)19-9-6-16-29-19/h3-4,6-9,11,14,16H,1-2,5,10,12-13,15H2,(H,23,27). The van der Waals surface area contributed by atoms with Gasteiger partial charge in [-0.2, -0.15) is 4.98 Å². The first-order chi connectivity index (χ1) is 14.3. The van der Waals surface area contributed by atoms with Gasteiger partial charge in [0.05, 0.1) is 4.88 Å². The number of benzene rings is 1. The van der Waals surface area contributed by atoms with Gasteiger partial charge in [-0.1, -0.05) is 35.8 Å². The molecule has 0 saturated carbocycles. The SMILES string of the molecule is O=C(CCn1ccc2ccccc21)NCCCCCc1nc(-c2cccs2)no1. The Bertz CT molecular complexity index is 1050. The molecule has 4 rings (SSSR count). The lowest BCUT2D eigenvalue weighted by atomic mass is 10.2. The smallest absolute Gasteiger partial charge is 0.226 e. The zero-order chi connectivity index (χ0) is 19.9. The van der Waals surface area contributed by atoms with Crippen molar-refractivity contribution in [3.05, 3.63) is 59.9 Å². The summed E-state index contributed by atoms with van der Waals surface area (Å²) < 4.78 is 7.43. The zero-order valence-corrected chi connectivity index (χ0v) is 17.0. The second kappa shape index (κ2) is 9.52. The number of rotatable bonds is 10. The van der Waals surface area contributed by atoms with Crippen molar-refractivity contribution in [2.24, 2.45) is 0 Å². The van der Waals surface area contributed by atoms with Crippen molar-refractivity contribution < 1.29 is 9.32 Å². The molecule has 0 aliphatic heterocycles. The van der Waals surface area contributed by atoms with Crippen LogP contribution in [0, 0.1) is 0 Å². The predicted octanol–water partition coefficient (Wildman–Crippen LogP) is 4.67. The number of carbonyl (C=O) groups excluding carboxylic acids is 1. The second-order valence-corrected chi connectivity index (χ2v) is 7.92. The molecule has 0 bridgehead atoms. The Labute approximate surface area is 173 Å². The highest BCUT2D eigenvalue weighted by Gasteiger charge is 2.09. The molecule has 1 N–H and O–H groups in total. The number of nitrogens with one attached hydrogen (secondary N) is 1. The molecule has 0 aliphatic carbocycles. The van der Waals surface area contributed by atoms with Crippen LogP contribution in [-0.2, 0) is 17.8 Å². The van der Waals surface area contributed by atoms with E-state index in [9.17, 15) is 4.79 Å². The fourth-order valence-electron chi connectivity index (χ4n) is 3.31. The summed E-state index contributed by atoms with van der Waals surface area (Å²) >= 11 is 1.60. The molecule has 0 fully saturated rings. The summed E-state index contributed by atoms with van der Waals surface area (Å²) in [5.74, 6) is 1.44. The van der Waals surface area contributed by atoms with Crippen LogP contribution in [0.4, 0.5) is 0 Å². The molecule has 0 aliphatic rings. The van der Waals surface area contributed by atoms with Crippen molar-refractivity contribution in [3.63, 3.8) is 0 Å². The van der Waals surface area contributed by atoms with E-state index in [-0.39, 0.29) is 5.91 Å². The molecule has 3 aromatic heterocycles.